The van der Waals surface area contributed by atoms with E-state index >= 15 is 0 Å². The van der Waals surface area contributed by atoms with Gasteiger partial charge in [-0.2, -0.15) is 0 Å². The summed E-state index contributed by atoms with van der Waals surface area (Å²) in [5.74, 6) is -1.13. The van der Waals surface area contributed by atoms with Crippen LogP contribution in [0.4, 0.5) is 4.39 Å². The Morgan fingerprint density at radius 1 is 0.596 bits per heavy atom. The topological polar surface area (TPSA) is 59.2 Å². The standard InChI is InChI=1S/C41H26FN2O2.Pt/c1-25-20-30(31-15-8-16-33-32-14-5-6-19-39(32)46-41(31)33)24-36(43-25)27-12-7-13-28(21-27)37-22-29(26-10-3-2-4-11-26)23-38(44-37)34-17-9-18-35(42)40(34)45;/h2-20,22-24,45H,1H3;/q-1;. The van der Waals surface area contributed by atoms with Crippen LogP contribution in [0.5, 0.6) is 5.75 Å². The second-order valence-corrected chi connectivity index (χ2v) is 11.3. The number of phenols is 1. The molecule has 0 aliphatic rings. The summed E-state index contributed by atoms with van der Waals surface area (Å²) in [6.07, 6.45) is 0. The van der Waals surface area contributed by atoms with Crippen LogP contribution in [0.3, 0.4) is 0 Å². The molecule has 0 saturated heterocycles. The molecule has 0 saturated carbocycles. The summed E-state index contributed by atoms with van der Waals surface area (Å²) in [5.41, 5.74) is 10.2. The molecule has 1 N–H and O–H groups in total. The SMILES string of the molecule is Cc1cc(-c2cccc3c2oc2ccccc23)cc(-c2[c-]c(-c3cc(-c4ccccc4)cc(-c4cccc(F)c4O)n3)ccc2)n1.[Pt]. The van der Waals surface area contributed by atoms with Gasteiger partial charge in [-0.15, -0.1) is 24.3 Å². The van der Waals surface area contributed by atoms with Crippen molar-refractivity contribution in [1.82, 2.24) is 9.97 Å². The van der Waals surface area contributed by atoms with Crippen LogP contribution in [0.15, 0.2) is 138 Å². The third-order valence-electron chi connectivity index (χ3n) is 8.21. The first kappa shape index (κ1) is 30.3. The van der Waals surface area contributed by atoms with Crippen molar-refractivity contribution in [3.8, 4) is 61.8 Å². The van der Waals surface area contributed by atoms with Crippen molar-refractivity contribution in [3.63, 3.8) is 0 Å². The molecule has 0 amide bonds. The maximum Gasteiger partial charge on any atom is 0.165 e. The molecule has 0 bridgehead atoms. The molecule has 0 unspecified atom stereocenters. The van der Waals surface area contributed by atoms with Gasteiger partial charge in [-0.05, 0) is 53.9 Å². The number of nitrogens with zero attached hydrogens (tertiary/aromatic N) is 2. The van der Waals surface area contributed by atoms with E-state index in [-0.39, 0.29) is 21.1 Å². The fraction of sp³-hybridized carbons (Fsp3) is 0.0244. The van der Waals surface area contributed by atoms with E-state index in [1.165, 1.54) is 6.07 Å². The molecule has 0 radical (unpaired) electrons. The normalized spacial score (nSPS) is 11.1. The molecule has 230 valence electrons. The van der Waals surface area contributed by atoms with Crippen LogP contribution in [0.1, 0.15) is 5.69 Å². The van der Waals surface area contributed by atoms with Gasteiger partial charge in [-0.3, -0.25) is 9.97 Å². The number of hydrogen-bond donors (Lipinski definition) is 1. The summed E-state index contributed by atoms with van der Waals surface area (Å²) in [6.45, 7) is 1.98. The zero-order valence-electron chi connectivity index (χ0n) is 25.1. The number of rotatable bonds is 5. The maximum atomic E-state index is 14.4. The number of benzene rings is 5. The Kier molecular flexibility index (Phi) is 8.01. The minimum Gasteiger partial charge on any atom is -0.504 e. The van der Waals surface area contributed by atoms with Crippen molar-refractivity contribution in [2.45, 2.75) is 6.92 Å². The molecule has 5 aromatic carbocycles. The van der Waals surface area contributed by atoms with E-state index in [4.69, 9.17) is 14.4 Å². The van der Waals surface area contributed by atoms with Crippen LogP contribution in [-0.4, -0.2) is 15.1 Å². The molecule has 4 nitrogen and oxygen atoms in total. The van der Waals surface area contributed by atoms with Gasteiger partial charge in [0.2, 0.25) is 0 Å². The Morgan fingerprint density at radius 3 is 2.06 bits per heavy atom. The van der Waals surface area contributed by atoms with E-state index < -0.39 is 11.6 Å². The zero-order chi connectivity index (χ0) is 31.2. The third kappa shape index (κ3) is 5.64. The fourth-order valence-electron chi connectivity index (χ4n) is 6.03. The Morgan fingerprint density at radius 2 is 1.23 bits per heavy atom. The minimum atomic E-state index is -0.695. The number of halogens is 1. The predicted molar refractivity (Wildman–Crippen MR) is 182 cm³/mol. The predicted octanol–water partition coefficient (Wildman–Crippen LogP) is 10.7. The average Bonchev–Trinajstić information content (AvgIpc) is 3.48. The van der Waals surface area contributed by atoms with Gasteiger partial charge < -0.3 is 9.52 Å². The molecule has 0 aliphatic carbocycles. The smallest absolute Gasteiger partial charge is 0.165 e. The molecule has 0 atom stereocenters. The molecule has 6 heteroatoms. The molecule has 0 aliphatic heterocycles. The van der Waals surface area contributed by atoms with Gasteiger partial charge in [0.05, 0.1) is 5.69 Å². The Hall–Kier alpha value is -5.38. The zero-order valence-corrected chi connectivity index (χ0v) is 27.4. The number of hydrogen-bond acceptors (Lipinski definition) is 4. The summed E-state index contributed by atoms with van der Waals surface area (Å²) in [4.78, 5) is 9.76. The second-order valence-electron chi connectivity index (χ2n) is 11.3. The quantitative estimate of drug-likeness (QED) is 0.176. The summed E-state index contributed by atoms with van der Waals surface area (Å²) in [7, 11) is 0. The van der Waals surface area contributed by atoms with Gasteiger partial charge in [-0.1, -0.05) is 96.1 Å². The van der Waals surface area contributed by atoms with Gasteiger partial charge >= 0.3 is 0 Å². The Labute approximate surface area is 285 Å². The summed E-state index contributed by atoms with van der Waals surface area (Å²) < 4.78 is 20.7. The van der Waals surface area contributed by atoms with Gasteiger partial charge in [0, 0.05) is 60.0 Å². The van der Waals surface area contributed by atoms with E-state index in [0.29, 0.717) is 17.0 Å². The number of aromatic hydroxyl groups is 1. The van der Waals surface area contributed by atoms with Crippen LogP contribution >= 0.6 is 0 Å². The van der Waals surface area contributed by atoms with Crippen LogP contribution < -0.4 is 0 Å². The number of para-hydroxylation sites is 3. The van der Waals surface area contributed by atoms with Gasteiger partial charge in [-0.25, -0.2) is 4.39 Å². The monoisotopic (exact) mass is 792 g/mol. The fourth-order valence-corrected chi connectivity index (χ4v) is 6.03. The molecule has 3 heterocycles. The molecule has 0 fully saturated rings. The molecule has 8 rings (SSSR count). The van der Waals surface area contributed by atoms with E-state index in [2.05, 4.69) is 42.5 Å². The van der Waals surface area contributed by atoms with Crippen molar-refractivity contribution >= 4 is 21.9 Å². The van der Waals surface area contributed by atoms with E-state index in [9.17, 15) is 9.50 Å². The average molecular weight is 793 g/mol. The molecular formula is C41H26FN2O2Pt-. The second kappa shape index (κ2) is 12.4. The summed E-state index contributed by atoms with van der Waals surface area (Å²) in [5, 5.41) is 12.7. The van der Waals surface area contributed by atoms with Crippen molar-refractivity contribution < 1.29 is 35.0 Å². The van der Waals surface area contributed by atoms with Crippen LogP contribution in [0.25, 0.3) is 78.0 Å². The van der Waals surface area contributed by atoms with Gasteiger partial charge in [0.15, 0.2) is 11.6 Å². The van der Waals surface area contributed by atoms with Crippen LogP contribution in [0, 0.1) is 18.8 Å². The molecule has 47 heavy (non-hydrogen) atoms. The van der Waals surface area contributed by atoms with Crippen molar-refractivity contribution in [1.29, 1.82) is 0 Å². The minimum absolute atomic E-state index is 0. The van der Waals surface area contributed by atoms with E-state index in [0.717, 1.165) is 66.7 Å². The number of phenolic OH excluding ortho intramolecular Hbond substituents is 1. The third-order valence-corrected chi connectivity index (χ3v) is 8.21. The maximum absolute atomic E-state index is 14.4. The largest absolute Gasteiger partial charge is 0.504 e. The first-order valence-corrected chi connectivity index (χ1v) is 15.0. The molecule has 3 aromatic heterocycles. The number of fused-ring (bicyclic) bond motifs is 3. The van der Waals surface area contributed by atoms with E-state index in [1.54, 1.807) is 12.1 Å². The van der Waals surface area contributed by atoms with Crippen molar-refractivity contribution in [2.24, 2.45) is 0 Å². The number of furan rings is 1. The van der Waals surface area contributed by atoms with Gasteiger partial charge in [0.25, 0.3) is 0 Å². The van der Waals surface area contributed by atoms with Crippen molar-refractivity contribution in [2.75, 3.05) is 0 Å². The Bertz CT molecular complexity index is 2420. The first-order chi connectivity index (χ1) is 22.5. The van der Waals surface area contributed by atoms with Crippen molar-refractivity contribution in [3.05, 3.63) is 151 Å². The van der Waals surface area contributed by atoms with Crippen LogP contribution in [0.2, 0.25) is 0 Å². The molecule has 8 aromatic rings. The van der Waals surface area contributed by atoms with E-state index in [1.807, 2.05) is 85.8 Å². The number of pyridine rings is 2. The molecular weight excluding hydrogens is 767 g/mol. The first-order valence-electron chi connectivity index (χ1n) is 15.0. The number of aromatic nitrogens is 2. The Balaban J connectivity index is 0.00000351. The molecule has 0 spiro atoms. The summed E-state index contributed by atoms with van der Waals surface area (Å²) >= 11 is 0. The van der Waals surface area contributed by atoms with Gasteiger partial charge in [0.1, 0.15) is 11.2 Å². The van der Waals surface area contributed by atoms with Crippen LogP contribution in [-0.2, 0) is 21.1 Å². The number of aryl methyl sites for hydroxylation is 1. The summed E-state index contributed by atoms with van der Waals surface area (Å²) in [6, 6.07) is 46.1.